The summed E-state index contributed by atoms with van der Waals surface area (Å²) in [5, 5.41) is 3.25. The molecule has 1 aromatic carbocycles. The van der Waals surface area contributed by atoms with Crippen LogP contribution in [0.2, 0.25) is 0 Å². The number of aromatic amines is 1. The largest absolute Gasteiger partial charge is 0.357 e. The van der Waals surface area contributed by atoms with Crippen LogP contribution in [0.15, 0.2) is 24.3 Å². The second kappa shape index (κ2) is 5.87. The predicted molar refractivity (Wildman–Crippen MR) is 89.1 cm³/mol. The average Bonchev–Trinajstić information content (AvgIpc) is 2.99. The molecule has 0 atom stereocenters. The quantitative estimate of drug-likeness (QED) is 0.825. The number of carbonyl (C=O) groups excluding carboxylic acids is 3. The van der Waals surface area contributed by atoms with Gasteiger partial charge in [0.2, 0.25) is 5.91 Å². The number of halogens is 1. The lowest BCUT2D eigenvalue weighted by atomic mass is 10.1. The van der Waals surface area contributed by atoms with Gasteiger partial charge < -0.3 is 15.2 Å². The van der Waals surface area contributed by atoms with Gasteiger partial charge >= 0.3 is 6.03 Å². The van der Waals surface area contributed by atoms with Crippen molar-refractivity contribution in [3.63, 3.8) is 0 Å². The van der Waals surface area contributed by atoms with Gasteiger partial charge in [-0.1, -0.05) is 0 Å². The minimum Gasteiger partial charge on any atom is -0.357 e. The van der Waals surface area contributed by atoms with Crippen LogP contribution in [-0.4, -0.2) is 51.8 Å². The first kappa shape index (κ1) is 16.9. The molecule has 132 valence electrons. The Bertz CT molecular complexity index is 874. The minimum atomic E-state index is -1.00. The van der Waals surface area contributed by atoms with Crippen LogP contribution >= 0.6 is 0 Å². The van der Waals surface area contributed by atoms with Crippen LogP contribution < -0.4 is 5.32 Å². The zero-order valence-corrected chi connectivity index (χ0v) is 14.2. The number of H-pyrrole nitrogens is 1. The summed E-state index contributed by atoms with van der Waals surface area (Å²) in [5.74, 6) is -1.13. The first-order chi connectivity index (χ1) is 11.7. The Morgan fingerprint density at radius 2 is 2.00 bits per heavy atom. The van der Waals surface area contributed by atoms with Crippen molar-refractivity contribution in [3.8, 4) is 0 Å². The van der Waals surface area contributed by atoms with E-state index in [9.17, 15) is 18.8 Å². The normalized spacial score (nSPS) is 16.4. The molecule has 1 aromatic heterocycles. The van der Waals surface area contributed by atoms with Crippen molar-refractivity contribution in [1.29, 1.82) is 0 Å². The van der Waals surface area contributed by atoms with Crippen molar-refractivity contribution in [2.24, 2.45) is 0 Å². The number of imide groups is 1. The third-order valence-electron chi connectivity index (χ3n) is 4.21. The molecule has 0 aliphatic carbocycles. The Morgan fingerprint density at radius 3 is 2.64 bits per heavy atom. The van der Waals surface area contributed by atoms with E-state index in [0.717, 1.165) is 16.1 Å². The average molecular weight is 346 g/mol. The van der Waals surface area contributed by atoms with Crippen LogP contribution in [0.4, 0.5) is 9.18 Å². The fourth-order valence-electron chi connectivity index (χ4n) is 2.81. The lowest BCUT2D eigenvalue weighted by molar-refractivity contribution is -0.138. The van der Waals surface area contributed by atoms with Crippen LogP contribution in [0.25, 0.3) is 10.9 Å². The van der Waals surface area contributed by atoms with E-state index in [0.29, 0.717) is 5.39 Å². The van der Waals surface area contributed by atoms with Gasteiger partial charge in [0.25, 0.3) is 5.91 Å². The van der Waals surface area contributed by atoms with Crippen LogP contribution in [0.3, 0.4) is 0 Å². The molecule has 0 bridgehead atoms. The molecule has 1 aliphatic heterocycles. The Hall–Kier alpha value is -2.90. The van der Waals surface area contributed by atoms with Crippen molar-refractivity contribution >= 4 is 28.7 Å². The Balaban J connectivity index is 1.68. The van der Waals surface area contributed by atoms with E-state index in [1.807, 2.05) is 0 Å². The maximum Gasteiger partial charge on any atom is 0.325 e. The molecule has 3 rings (SSSR count). The molecule has 1 aliphatic rings. The molecule has 2 N–H and O–H groups in total. The molecular formula is C17H19FN4O3. The number of fused-ring (bicyclic) bond motifs is 1. The van der Waals surface area contributed by atoms with Crippen molar-refractivity contribution in [3.05, 3.63) is 35.8 Å². The van der Waals surface area contributed by atoms with Crippen molar-refractivity contribution in [1.82, 2.24) is 20.1 Å². The van der Waals surface area contributed by atoms with E-state index in [2.05, 4.69) is 10.3 Å². The van der Waals surface area contributed by atoms with E-state index in [1.54, 1.807) is 33.0 Å². The standard InChI is InChI=1S/C17H19FN4O3/c1-17(2)15(24)22(16(25)20-17)9-14(23)21(3)8-12-7-10-6-11(18)4-5-13(10)19-12/h4-7,19H,8-9H2,1-3H3,(H,20,25). The van der Waals surface area contributed by atoms with Crippen LogP contribution in [0, 0.1) is 5.82 Å². The summed E-state index contributed by atoms with van der Waals surface area (Å²) in [6, 6.07) is 5.59. The number of amides is 4. The molecule has 0 radical (unpaired) electrons. The van der Waals surface area contributed by atoms with Crippen molar-refractivity contribution < 1.29 is 18.8 Å². The number of likely N-dealkylation sites (N-methyl/N-ethyl adjacent to an activating group) is 1. The number of hydrogen-bond acceptors (Lipinski definition) is 3. The third-order valence-corrected chi connectivity index (χ3v) is 4.21. The van der Waals surface area contributed by atoms with Crippen molar-refractivity contribution in [2.75, 3.05) is 13.6 Å². The number of hydrogen-bond donors (Lipinski definition) is 2. The maximum absolute atomic E-state index is 13.2. The summed E-state index contributed by atoms with van der Waals surface area (Å²) in [7, 11) is 1.58. The summed E-state index contributed by atoms with van der Waals surface area (Å²) in [6.45, 7) is 3.11. The molecular weight excluding hydrogens is 327 g/mol. The summed E-state index contributed by atoms with van der Waals surface area (Å²) in [5.41, 5.74) is 0.499. The van der Waals surface area contributed by atoms with Crippen molar-refractivity contribution in [2.45, 2.75) is 25.9 Å². The summed E-state index contributed by atoms with van der Waals surface area (Å²) in [4.78, 5) is 41.8. The molecule has 0 saturated carbocycles. The molecule has 0 spiro atoms. The molecule has 0 unspecified atom stereocenters. The van der Waals surface area contributed by atoms with Gasteiger partial charge in [0.15, 0.2) is 0 Å². The highest BCUT2D eigenvalue weighted by atomic mass is 19.1. The third kappa shape index (κ3) is 3.19. The van der Waals surface area contributed by atoms with Gasteiger partial charge in [-0.05, 0) is 38.1 Å². The highest BCUT2D eigenvalue weighted by Crippen LogP contribution is 2.19. The summed E-state index contributed by atoms with van der Waals surface area (Å²) < 4.78 is 13.2. The van der Waals surface area contributed by atoms with E-state index < -0.39 is 17.5 Å². The number of aromatic nitrogens is 1. The van der Waals surface area contributed by atoms with Crippen LogP contribution in [0.1, 0.15) is 19.5 Å². The first-order valence-corrected chi connectivity index (χ1v) is 7.82. The highest BCUT2D eigenvalue weighted by Gasteiger charge is 2.45. The molecule has 1 saturated heterocycles. The van der Waals surface area contributed by atoms with Gasteiger partial charge in [0.05, 0.1) is 6.54 Å². The number of benzene rings is 1. The number of nitrogens with one attached hydrogen (secondary N) is 2. The Morgan fingerprint density at radius 1 is 1.28 bits per heavy atom. The van der Waals surface area contributed by atoms with E-state index in [4.69, 9.17) is 0 Å². The predicted octanol–water partition coefficient (Wildman–Crippen LogP) is 1.60. The van der Waals surface area contributed by atoms with Gasteiger partial charge in [0.1, 0.15) is 17.9 Å². The number of carbonyl (C=O) groups is 3. The van der Waals surface area contributed by atoms with E-state index in [1.165, 1.54) is 17.0 Å². The molecule has 2 heterocycles. The fourth-order valence-corrected chi connectivity index (χ4v) is 2.81. The number of urea groups is 1. The Labute approximate surface area is 143 Å². The zero-order valence-electron chi connectivity index (χ0n) is 14.2. The fraction of sp³-hybridized carbons (Fsp3) is 0.353. The van der Waals surface area contributed by atoms with Gasteiger partial charge in [0, 0.05) is 23.6 Å². The van der Waals surface area contributed by atoms with Crippen LogP contribution in [0.5, 0.6) is 0 Å². The van der Waals surface area contributed by atoms with E-state index >= 15 is 0 Å². The maximum atomic E-state index is 13.2. The second-order valence-electron chi connectivity index (χ2n) is 6.72. The first-order valence-electron chi connectivity index (χ1n) is 7.82. The SMILES string of the molecule is CN(Cc1cc2cc(F)ccc2[nH]1)C(=O)CN1C(=O)NC(C)(C)C1=O. The van der Waals surface area contributed by atoms with E-state index in [-0.39, 0.29) is 24.8 Å². The summed E-state index contributed by atoms with van der Waals surface area (Å²) in [6.07, 6.45) is 0. The summed E-state index contributed by atoms with van der Waals surface area (Å²) >= 11 is 0. The molecule has 8 heteroatoms. The van der Waals surface area contributed by atoms with Gasteiger partial charge in [-0.3, -0.25) is 14.5 Å². The zero-order chi connectivity index (χ0) is 18.4. The monoisotopic (exact) mass is 346 g/mol. The smallest absolute Gasteiger partial charge is 0.325 e. The lowest BCUT2D eigenvalue weighted by Crippen LogP contribution is -2.43. The van der Waals surface area contributed by atoms with Crippen LogP contribution in [-0.2, 0) is 16.1 Å². The van der Waals surface area contributed by atoms with Gasteiger partial charge in [-0.25, -0.2) is 9.18 Å². The van der Waals surface area contributed by atoms with Gasteiger partial charge in [-0.2, -0.15) is 0 Å². The second-order valence-corrected chi connectivity index (χ2v) is 6.72. The minimum absolute atomic E-state index is 0.252. The highest BCUT2D eigenvalue weighted by molar-refractivity contribution is 6.08. The molecule has 1 fully saturated rings. The topological polar surface area (TPSA) is 85.5 Å². The lowest BCUT2D eigenvalue weighted by Gasteiger charge is -2.20. The molecule has 7 nitrogen and oxygen atoms in total. The molecule has 2 aromatic rings. The molecule has 25 heavy (non-hydrogen) atoms. The van der Waals surface area contributed by atoms with Gasteiger partial charge in [-0.15, -0.1) is 0 Å². The Kier molecular flexibility index (Phi) is 3.98. The number of nitrogens with zero attached hydrogens (tertiary/aromatic N) is 2. The number of rotatable bonds is 4. The molecule has 4 amide bonds.